The summed E-state index contributed by atoms with van der Waals surface area (Å²) in [5, 5.41) is 0.799. The Morgan fingerprint density at radius 3 is 2.48 bits per heavy atom. The molecule has 1 aromatic heterocycles. The molecule has 0 spiro atoms. The number of amides is 1. The van der Waals surface area contributed by atoms with Gasteiger partial charge in [-0.1, -0.05) is 48.5 Å². The van der Waals surface area contributed by atoms with Crippen LogP contribution >= 0.6 is 0 Å². The van der Waals surface area contributed by atoms with Gasteiger partial charge in [0.25, 0.3) is 5.91 Å². The van der Waals surface area contributed by atoms with Gasteiger partial charge in [0, 0.05) is 31.1 Å². The van der Waals surface area contributed by atoms with Gasteiger partial charge in [0.15, 0.2) is 6.10 Å². The second-order valence-electron chi connectivity index (χ2n) is 6.77. The molecule has 0 radical (unpaired) electrons. The fourth-order valence-electron chi connectivity index (χ4n) is 3.12. The summed E-state index contributed by atoms with van der Waals surface area (Å²) in [5.41, 5.74) is 2.21. The third kappa shape index (κ3) is 4.84. The van der Waals surface area contributed by atoms with Crippen LogP contribution in [0.25, 0.3) is 11.0 Å². The first-order chi connectivity index (χ1) is 14.0. The van der Waals surface area contributed by atoms with Crippen LogP contribution in [0.4, 0.5) is 0 Å². The van der Waals surface area contributed by atoms with Crippen LogP contribution in [0.1, 0.15) is 35.5 Å². The van der Waals surface area contributed by atoms with Crippen molar-refractivity contribution < 1.29 is 23.5 Å². The second kappa shape index (κ2) is 9.39. The van der Waals surface area contributed by atoms with E-state index in [1.165, 1.54) is 4.90 Å². The summed E-state index contributed by atoms with van der Waals surface area (Å²) < 4.78 is 16.6. The summed E-state index contributed by atoms with van der Waals surface area (Å²) in [6, 6.07) is 17.0. The Balaban J connectivity index is 1.72. The quantitative estimate of drug-likeness (QED) is 0.536. The minimum atomic E-state index is -0.940. The molecule has 1 heterocycles. The lowest BCUT2D eigenvalue weighted by Crippen LogP contribution is -2.37. The topological polar surface area (TPSA) is 69.0 Å². The van der Waals surface area contributed by atoms with E-state index in [1.54, 1.807) is 20.0 Å². The van der Waals surface area contributed by atoms with Crippen molar-refractivity contribution in [1.29, 1.82) is 0 Å². The highest BCUT2D eigenvalue weighted by Crippen LogP contribution is 2.27. The number of hydrogen-bond donors (Lipinski definition) is 0. The summed E-state index contributed by atoms with van der Waals surface area (Å²) in [6.07, 6.45) is -0.940. The number of fused-ring (bicyclic) bond motifs is 1. The minimum Gasteiger partial charge on any atom is -0.449 e. The maximum Gasteiger partial charge on any atom is 0.375 e. The molecule has 6 heteroatoms. The molecule has 0 fully saturated rings. The molecule has 0 N–H and O–H groups in total. The van der Waals surface area contributed by atoms with Crippen LogP contribution in [-0.4, -0.2) is 36.5 Å². The fourth-order valence-corrected chi connectivity index (χ4v) is 3.12. The largest absolute Gasteiger partial charge is 0.449 e. The van der Waals surface area contributed by atoms with E-state index in [0.717, 1.165) is 10.9 Å². The zero-order valence-electron chi connectivity index (χ0n) is 16.9. The van der Waals surface area contributed by atoms with Crippen molar-refractivity contribution in [2.24, 2.45) is 0 Å². The van der Waals surface area contributed by atoms with Crippen molar-refractivity contribution >= 4 is 22.8 Å². The van der Waals surface area contributed by atoms with Gasteiger partial charge in [-0.25, -0.2) is 4.79 Å². The molecule has 0 aliphatic rings. The number of carbonyl (C=O) groups is 2. The van der Waals surface area contributed by atoms with Crippen LogP contribution in [0.15, 0.2) is 59.0 Å². The highest BCUT2D eigenvalue weighted by molar-refractivity contribution is 5.97. The van der Waals surface area contributed by atoms with Crippen LogP contribution < -0.4 is 0 Å². The third-order valence-electron chi connectivity index (χ3n) is 4.60. The number of para-hydroxylation sites is 1. The molecule has 152 valence electrons. The average Bonchev–Trinajstić information content (AvgIpc) is 3.11. The van der Waals surface area contributed by atoms with Crippen LogP contribution in [0.2, 0.25) is 0 Å². The molecule has 0 bridgehead atoms. The summed E-state index contributed by atoms with van der Waals surface area (Å²) in [7, 11) is 1.68. The summed E-state index contributed by atoms with van der Waals surface area (Å²) in [4.78, 5) is 26.9. The second-order valence-corrected chi connectivity index (χ2v) is 6.77. The normalized spacial score (nSPS) is 12.0. The van der Waals surface area contributed by atoms with Gasteiger partial charge in [-0.3, -0.25) is 4.79 Å². The molecule has 2 aromatic carbocycles. The molecule has 3 rings (SSSR count). The Morgan fingerprint density at radius 2 is 1.76 bits per heavy atom. The lowest BCUT2D eigenvalue weighted by atomic mass is 10.1. The van der Waals surface area contributed by atoms with Crippen molar-refractivity contribution in [3.8, 4) is 0 Å². The standard InChI is InChI=1S/C23H25NO5/c1-4-27-15-19-18-12-8-9-13-20(18)29-21(19)23(26)28-16(2)22(25)24(3)14-17-10-6-5-7-11-17/h5-13,16H,4,14-15H2,1-3H3. The number of carbonyl (C=O) groups excluding carboxylic acids is 2. The SMILES string of the molecule is CCOCc1c(C(=O)OC(C)C(=O)N(C)Cc2ccccc2)oc2ccccc12. The third-order valence-corrected chi connectivity index (χ3v) is 4.60. The molecule has 6 nitrogen and oxygen atoms in total. The Labute approximate surface area is 170 Å². The van der Waals surface area contributed by atoms with E-state index in [4.69, 9.17) is 13.9 Å². The van der Waals surface area contributed by atoms with Crippen LogP contribution in [0.3, 0.4) is 0 Å². The van der Waals surface area contributed by atoms with Gasteiger partial charge in [-0.15, -0.1) is 0 Å². The minimum absolute atomic E-state index is 0.0741. The molecule has 1 unspecified atom stereocenters. The molecule has 0 aliphatic heterocycles. The van der Waals surface area contributed by atoms with Gasteiger partial charge in [-0.05, 0) is 25.5 Å². The Bertz CT molecular complexity index is 979. The molecule has 0 aliphatic carbocycles. The molecule has 3 aromatic rings. The molecular formula is C23H25NO5. The first-order valence-corrected chi connectivity index (χ1v) is 9.59. The highest BCUT2D eigenvalue weighted by atomic mass is 16.6. The van der Waals surface area contributed by atoms with Gasteiger partial charge in [0.2, 0.25) is 5.76 Å². The lowest BCUT2D eigenvalue weighted by molar-refractivity contribution is -0.139. The summed E-state index contributed by atoms with van der Waals surface area (Å²) >= 11 is 0. The van der Waals surface area contributed by atoms with Gasteiger partial charge in [0.05, 0.1) is 6.61 Å². The molecule has 1 amide bonds. The van der Waals surface area contributed by atoms with Gasteiger partial charge >= 0.3 is 5.97 Å². The zero-order chi connectivity index (χ0) is 20.8. The van der Waals surface area contributed by atoms with E-state index in [1.807, 2.05) is 55.5 Å². The van der Waals surface area contributed by atoms with E-state index < -0.39 is 12.1 Å². The van der Waals surface area contributed by atoms with E-state index >= 15 is 0 Å². The summed E-state index contributed by atoms with van der Waals surface area (Å²) in [6.45, 7) is 4.61. The van der Waals surface area contributed by atoms with Crippen molar-refractivity contribution in [2.75, 3.05) is 13.7 Å². The first-order valence-electron chi connectivity index (χ1n) is 9.59. The van der Waals surface area contributed by atoms with E-state index in [0.29, 0.717) is 24.3 Å². The molecule has 29 heavy (non-hydrogen) atoms. The van der Waals surface area contributed by atoms with Crippen LogP contribution in [0, 0.1) is 0 Å². The van der Waals surface area contributed by atoms with Gasteiger partial charge in [-0.2, -0.15) is 0 Å². The van der Waals surface area contributed by atoms with E-state index in [-0.39, 0.29) is 18.3 Å². The molecule has 1 atom stereocenters. The lowest BCUT2D eigenvalue weighted by Gasteiger charge is -2.21. The average molecular weight is 395 g/mol. The van der Waals surface area contributed by atoms with Crippen molar-refractivity contribution in [3.05, 3.63) is 71.5 Å². The Morgan fingerprint density at radius 1 is 1.07 bits per heavy atom. The zero-order valence-corrected chi connectivity index (χ0v) is 16.9. The number of furan rings is 1. The number of benzene rings is 2. The number of rotatable bonds is 8. The highest BCUT2D eigenvalue weighted by Gasteiger charge is 2.27. The molecule has 0 saturated carbocycles. The van der Waals surface area contributed by atoms with Crippen molar-refractivity contribution in [3.63, 3.8) is 0 Å². The number of hydrogen-bond acceptors (Lipinski definition) is 5. The number of esters is 1. The predicted molar refractivity (Wildman–Crippen MR) is 109 cm³/mol. The molecular weight excluding hydrogens is 370 g/mol. The monoisotopic (exact) mass is 395 g/mol. The van der Waals surface area contributed by atoms with Gasteiger partial charge < -0.3 is 18.8 Å². The predicted octanol–water partition coefficient (Wildman–Crippen LogP) is 4.17. The maximum absolute atomic E-state index is 12.8. The number of likely N-dealkylation sites (N-methyl/N-ethyl adjacent to an activating group) is 1. The van der Waals surface area contributed by atoms with Crippen LogP contribution in [0.5, 0.6) is 0 Å². The van der Waals surface area contributed by atoms with E-state index in [2.05, 4.69) is 0 Å². The Kier molecular flexibility index (Phi) is 6.67. The van der Waals surface area contributed by atoms with Gasteiger partial charge in [0.1, 0.15) is 5.58 Å². The maximum atomic E-state index is 12.8. The van der Waals surface area contributed by atoms with E-state index in [9.17, 15) is 9.59 Å². The van der Waals surface area contributed by atoms with Crippen molar-refractivity contribution in [1.82, 2.24) is 4.90 Å². The number of nitrogens with zero attached hydrogens (tertiary/aromatic N) is 1. The summed E-state index contributed by atoms with van der Waals surface area (Å²) in [5.74, 6) is -0.889. The van der Waals surface area contributed by atoms with Crippen LogP contribution in [-0.2, 0) is 27.4 Å². The molecule has 0 saturated heterocycles. The smallest absolute Gasteiger partial charge is 0.375 e. The number of ether oxygens (including phenoxy) is 2. The fraction of sp³-hybridized carbons (Fsp3) is 0.304. The van der Waals surface area contributed by atoms with Crippen molar-refractivity contribution in [2.45, 2.75) is 33.1 Å². The Hall–Kier alpha value is -3.12. The first kappa shape index (κ1) is 20.6.